The first-order valence-corrected chi connectivity index (χ1v) is 13.5. The summed E-state index contributed by atoms with van der Waals surface area (Å²) >= 11 is 0. The Labute approximate surface area is 206 Å². The molecule has 0 saturated carbocycles. The van der Waals surface area contributed by atoms with Crippen molar-refractivity contribution in [2.45, 2.75) is 24.1 Å². The van der Waals surface area contributed by atoms with Gasteiger partial charge in [-0.05, 0) is 36.2 Å². The van der Waals surface area contributed by atoms with Crippen LogP contribution >= 0.6 is 0 Å². The molecule has 1 fully saturated rings. The van der Waals surface area contributed by atoms with Crippen LogP contribution in [0.25, 0.3) is 10.9 Å². The molecule has 0 spiro atoms. The van der Waals surface area contributed by atoms with Crippen molar-refractivity contribution in [3.8, 4) is 0 Å². The quantitative estimate of drug-likeness (QED) is 0.408. The Morgan fingerprint density at radius 3 is 2.23 bits per heavy atom. The van der Waals surface area contributed by atoms with Crippen LogP contribution in [0.3, 0.4) is 0 Å². The van der Waals surface area contributed by atoms with Gasteiger partial charge in [-0.2, -0.15) is 0 Å². The highest BCUT2D eigenvalue weighted by molar-refractivity contribution is 7.90. The largest absolute Gasteiger partial charge is 0.368 e. The topological polar surface area (TPSA) is 62.6 Å². The van der Waals surface area contributed by atoms with Crippen LogP contribution in [-0.4, -0.2) is 50.0 Å². The maximum Gasteiger partial charge on any atom is 0.242 e. The smallest absolute Gasteiger partial charge is 0.242 e. The number of hydrogen-bond acceptors (Lipinski definition) is 4. The summed E-state index contributed by atoms with van der Waals surface area (Å²) in [5, 5.41) is 0.655. The second-order valence-corrected chi connectivity index (χ2v) is 11.0. The van der Waals surface area contributed by atoms with Gasteiger partial charge in [-0.1, -0.05) is 60.7 Å². The van der Waals surface area contributed by atoms with Crippen molar-refractivity contribution in [3.05, 3.63) is 96.2 Å². The first-order valence-electron chi connectivity index (χ1n) is 11.9. The molecule has 35 heavy (non-hydrogen) atoms. The van der Waals surface area contributed by atoms with E-state index in [2.05, 4.69) is 17.0 Å². The molecule has 0 N–H and O–H groups in total. The fourth-order valence-electron chi connectivity index (χ4n) is 4.74. The average Bonchev–Trinajstić information content (AvgIpc) is 3.25. The molecule has 7 heteroatoms. The van der Waals surface area contributed by atoms with Gasteiger partial charge in [-0.15, -0.1) is 0 Å². The van der Waals surface area contributed by atoms with Crippen molar-refractivity contribution in [2.75, 3.05) is 31.1 Å². The van der Waals surface area contributed by atoms with Crippen molar-refractivity contribution in [3.63, 3.8) is 0 Å². The molecule has 2 heterocycles. The Bertz CT molecular complexity index is 1450. The van der Waals surface area contributed by atoms with E-state index >= 15 is 0 Å². The van der Waals surface area contributed by atoms with E-state index in [1.165, 1.54) is 5.69 Å². The molecule has 0 radical (unpaired) electrons. The molecule has 180 valence electrons. The van der Waals surface area contributed by atoms with Crippen molar-refractivity contribution in [2.24, 2.45) is 0 Å². The lowest BCUT2D eigenvalue weighted by Gasteiger charge is -2.36. The van der Waals surface area contributed by atoms with Crippen molar-refractivity contribution in [1.29, 1.82) is 0 Å². The molecular weight excluding hydrogens is 458 g/mol. The summed E-state index contributed by atoms with van der Waals surface area (Å²) in [5.41, 5.74) is 3.66. The predicted molar refractivity (Wildman–Crippen MR) is 139 cm³/mol. The van der Waals surface area contributed by atoms with Gasteiger partial charge in [0.1, 0.15) is 6.54 Å². The molecule has 5 rings (SSSR count). The summed E-state index contributed by atoms with van der Waals surface area (Å²) in [6.07, 6.45) is 1.64. The molecule has 4 aromatic rings. The summed E-state index contributed by atoms with van der Waals surface area (Å²) in [6.45, 7) is 4.88. The SMILES string of the molecule is Cc1ccccc1CS(=O)(=O)c1cn(CC(=O)N2CCN(c3ccccc3)CC2)c2ccccc12. The lowest BCUT2D eigenvalue weighted by atomic mass is 10.1. The van der Waals surface area contributed by atoms with Crippen molar-refractivity contribution >= 4 is 32.3 Å². The number of rotatable bonds is 6. The minimum absolute atomic E-state index is 0.00122. The van der Waals surface area contributed by atoms with Gasteiger partial charge in [-0.25, -0.2) is 8.42 Å². The molecule has 1 amide bonds. The van der Waals surface area contributed by atoms with Crippen LogP contribution in [0, 0.1) is 6.92 Å². The maximum atomic E-state index is 13.4. The third-order valence-corrected chi connectivity index (χ3v) is 8.44. The van der Waals surface area contributed by atoms with E-state index in [-0.39, 0.29) is 23.1 Å². The number of aromatic nitrogens is 1. The lowest BCUT2D eigenvalue weighted by molar-refractivity contribution is -0.132. The molecule has 3 aromatic carbocycles. The Kier molecular flexibility index (Phi) is 6.34. The van der Waals surface area contributed by atoms with Gasteiger partial charge in [0, 0.05) is 49.0 Å². The number of nitrogens with zero attached hydrogens (tertiary/aromatic N) is 3. The Balaban J connectivity index is 1.35. The molecule has 1 aromatic heterocycles. The molecule has 1 saturated heterocycles. The van der Waals surface area contributed by atoms with Crippen LogP contribution in [-0.2, 0) is 26.9 Å². The van der Waals surface area contributed by atoms with E-state index in [0.717, 1.165) is 29.7 Å². The number of sulfone groups is 1. The van der Waals surface area contributed by atoms with Gasteiger partial charge in [0.2, 0.25) is 5.91 Å². The van der Waals surface area contributed by atoms with E-state index in [0.29, 0.717) is 18.5 Å². The number of hydrogen-bond donors (Lipinski definition) is 0. The minimum Gasteiger partial charge on any atom is -0.368 e. The number of aryl methyl sites for hydroxylation is 1. The van der Waals surface area contributed by atoms with Crippen LogP contribution < -0.4 is 4.90 Å². The third-order valence-electron chi connectivity index (χ3n) is 6.75. The highest BCUT2D eigenvalue weighted by Crippen LogP contribution is 2.29. The molecule has 0 atom stereocenters. The first kappa shape index (κ1) is 23.2. The fraction of sp³-hybridized carbons (Fsp3) is 0.250. The van der Waals surface area contributed by atoms with Crippen LogP contribution in [0.4, 0.5) is 5.69 Å². The van der Waals surface area contributed by atoms with Gasteiger partial charge in [0.05, 0.1) is 10.6 Å². The van der Waals surface area contributed by atoms with Crippen LogP contribution in [0.5, 0.6) is 0 Å². The molecule has 6 nitrogen and oxygen atoms in total. The molecule has 1 aliphatic heterocycles. The van der Waals surface area contributed by atoms with Crippen LogP contribution in [0.2, 0.25) is 0 Å². The van der Waals surface area contributed by atoms with Gasteiger partial charge in [0.25, 0.3) is 0 Å². The van der Waals surface area contributed by atoms with Gasteiger partial charge in [0.15, 0.2) is 9.84 Å². The van der Waals surface area contributed by atoms with E-state index in [1.54, 1.807) is 10.8 Å². The van der Waals surface area contributed by atoms with E-state index in [4.69, 9.17) is 0 Å². The second-order valence-electron chi connectivity index (χ2n) is 9.03. The zero-order valence-electron chi connectivity index (χ0n) is 19.8. The number of carbonyl (C=O) groups is 1. The van der Waals surface area contributed by atoms with Gasteiger partial charge >= 0.3 is 0 Å². The number of piperazine rings is 1. The molecule has 0 bridgehead atoms. The van der Waals surface area contributed by atoms with E-state index < -0.39 is 9.84 Å². The van der Waals surface area contributed by atoms with Crippen molar-refractivity contribution in [1.82, 2.24) is 9.47 Å². The van der Waals surface area contributed by atoms with Crippen molar-refractivity contribution < 1.29 is 13.2 Å². The molecule has 1 aliphatic rings. The Hall–Kier alpha value is -3.58. The lowest BCUT2D eigenvalue weighted by Crippen LogP contribution is -2.49. The zero-order chi connectivity index (χ0) is 24.4. The fourth-order valence-corrected chi connectivity index (χ4v) is 6.43. The number of para-hydroxylation sites is 2. The monoisotopic (exact) mass is 487 g/mol. The Morgan fingerprint density at radius 1 is 0.829 bits per heavy atom. The normalized spacial score (nSPS) is 14.4. The summed E-state index contributed by atoms with van der Waals surface area (Å²) in [4.78, 5) is 17.6. The summed E-state index contributed by atoms with van der Waals surface area (Å²) < 4.78 is 28.6. The first-order chi connectivity index (χ1) is 16.9. The van der Waals surface area contributed by atoms with Crippen LogP contribution in [0.1, 0.15) is 11.1 Å². The van der Waals surface area contributed by atoms with E-state index in [1.807, 2.05) is 78.6 Å². The number of benzene rings is 3. The minimum atomic E-state index is -3.59. The number of carbonyl (C=O) groups excluding carboxylic acids is 1. The number of fused-ring (bicyclic) bond motifs is 1. The maximum absolute atomic E-state index is 13.4. The standard InChI is InChI=1S/C28H29N3O3S/c1-22-9-5-6-10-23(22)21-35(33,34)27-19-31(26-14-8-7-13-25(26)27)20-28(32)30-17-15-29(16-18-30)24-11-3-2-4-12-24/h2-14,19H,15-18,20-21H2,1H3. The number of anilines is 1. The average molecular weight is 488 g/mol. The Morgan fingerprint density at radius 2 is 1.49 bits per heavy atom. The van der Waals surface area contributed by atoms with E-state index in [9.17, 15) is 13.2 Å². The third kappa shape index (κ3) is 4.82. The summed E-state index contributed by atoms with van der Waals surface area (Å²) in [6, 6.07) is 25.2. The van der Waals surface area contributed by atoms with Gasteiger partial charge < -0.3 is 14.4 Å². The molecular formula is C28H29N3O3S. The molecule has 0 unspecified atom stereocenters. The zero-order valence-corrected chi connectivity index (χ0v) is 20.6. The highest BCUT2D eigenvalue weighted by Gasteiger charge is 2.25. The molecule has 0 aliphatic carbocycles. The summed E-state index contributed by atoms with van der Waals surface area (Å²) in [5.74, 6) is -0.0652. The van der Waals surface area contributed by atoms with Crippen LogP contribution in [0.15, 0.2) is 90.0 Å². The number of amides is 1. The summed E-state index contributed by atoms with van der Waals surface area (Å²) in [7, 11) is -3.59. The highest BCUT2D eigenvalue weighted by atomic mass is 32.2. The predicted octanol–water partition coefficient (Wildman–Crippen LogP) is 4.27. The van der Waals surface area contributed by atoms with Gasteiger partial charge in [-0.3, -0.25) is 4.79 Å². The second kappa shape index (κ2) is 9.58.